The summed E-state index contributed by atoms with van der Waals surface area (Å²) in [6.45, 7) is 3.05. The summed E-state index contributed by atoms with van der Waals surface area (Å²) >= 11 is 6.63. The number of thioether (sulfide) groups is 1. The molecule has 1 heterocycles. The number of ether oxygens (including phenoxy) is 1. The summed E-state index contributed by atoms with van der Waals surface area (Å²) in [5.41, 5.74) is 0.0329. The molecule has 1 aliphatic rings. The number of hydrogen-bond donors (Lipinski definition) is 0. The Morgan fingerprint density at radius 3 is 2.77 bits per heavy atom. The van der Waals surface area contributed by atoms with Crippen LogP contribution in [0.4, 0.5) is 10.5 Å². The molecule has 1 atom stereocenters. The number of benzene rings is 1. The van der Waals surface area contributed by atoms with E-state index in [4.69, 9.17) is 16.3 Å². The third kappa shape index (κ3) is 4.61. The number of nitro benzene ring substituents is 1. The number of carbonyl (C=O) groups excluding carboxylic acids is 3. The van der Waals surface area contributed by atoms with E-state index in [1.807, 2.05) is 6.92 Å². The van der Waals surface area contributed by atoms with Crippen molar-refractivity contribution in [3.8, 4) is 0 Å². The van der Waals surface area contributed by atoms with E-state index in [1.54, 1.807) is 6.92 Å². The van der Waals surface area contributed by atoms with E-state index in [2.05, 4.69) is 0 Å². The molecule has 138 valence electrons. The minimum Gasteiger partial charge on any atom is -0.461 e. The maximum Gasteiger partial charge on any atom is 0.326 e. The molecule has 0 aromatic heterocycles. The molecular weight excluding hydrogens is 384 g/mol. The van der Waals surface area contributed by atoms with E-state index < -0.39 is 28.6 Å². The van der Waals surface area contributed by atoms with Crippen LogP contribution in [0.25, 0.3) is 6.08 Å². The van der Waals surface area contributed by atoms with Crippen molar-refractivity contribution in [1.82, 2.24) is 4.90 Å². The summed E-state index contributed by atoms with van der Waals surface area (Å²) in [5, 5.41) is 10.4. The van der Waals surface area contributed by atoms with E-state index in [9.17, 15) is 24.5 Å². The Morgan fingerprint density at radius 1 is 1.46 bits per heavy atom. The van der Waals surface area contributed by atoms with E-state index in [0.717, 1.165) is 4.90 Å². The Balaban J connectivity index is 2.20. The van der Waals surface area contributed by atoms with Crippen LogP contribution in [0, 0.1) is 10.1 Å². The normalized spacial score (nSPS) is 16.9. The summed E-state index contributed by atoms with van der Waals surface area (Å²) < 4.78 is 5.06. The summed E-state index contributed by atoms with van der Waals surface area (Å²) in [6.07, 6.45) is 1.58. The van der Waals surface area contributed by atoms with Crippen LogP contribution in [0.5, 0.6) is 0 Å². The zero-order valence-electron chi connectivity index (χ0n) is 13.9. The maximum absolute atomic E-state index is 12.4. The molecule has 0 bridgehead atoms. The van der Waals surface area contributed by atoms with Crippen molar-refractivity contribution in [2.24, 2.45) is 0 Å². The second-order valence-corrected chi connectivity index (χ2v) is 6.84. The van der Waals surface area contributed by atoms with Gasteiger partial charge in [0.1, 0.15) is 6.54 Å². The molecule has 0 spiro atoms. The fourth-order valence-electron chi connectivity index (χ4n) is 2.01. The van der Waals surface area contributed by atoms with Crippen LogP contribution < -0.4 is 0 Å². The SMILES string of the molecule is CC[C@@H](C)OC(=O)CN1C(=O)S/C(=C\c2cc([N+](=O)[O-])ccc2Cl)C1=O. The molecule has 0 unspecified atom stereocenters. The number of nitro groups is 1. The minimum atomic E-state index is -0.684. The van der Waals surface area contributed by atoms with Gasteiger partial charge in [-0.2, -0.15) is 0 Å². The zero-order chi connectivity index (χ0) is 19.4. The van der Waals surface area contributed by atoms with Gasteiger partial charge in [-0.1, -0.05) is 18.5 Å². The number of nitrogens with zero attached hydrogens (tertiary/aromatic N) is 2. The predicted molar refractivity (Wildman–Crippen MR) is 96.6 cm³/mol. The number of esters is 1. The number of halogens is 1. The van der Waals surface area contributed by atoms with Crippen LogP contribution in [0.15, 0.2) is 23.1 Å². The van der Waals surface area contributed by atoms with Crippen molar-refractivity contribution in [1.29, 1.82) is 0 Å². The lowest BCUT2D eigenvalue weighted by Gasteiger charge is -2.14. The fourth-order valence-corrected chi connectivity index (χ4v) is 3.01. The van der Waals surface area contributed by atoms with Gasteiger partial charge in [0.2, 0.25) is 0 Å². The van der Waals surface area contributed by atoms with Gasteiger partial charge in [-0.3, -0.25) is 29.4 Å². The van der Waals surface area contributed by atoms with Crippen molar-refractivity contribution in [2.45, 2.75) is 26.4 Å². The number of carbonyl (C=O) groups is 3. The van der Waals surface area contributed by atoms with Crippen molar-refractivity contribution >= 4 is 52.2 Å². The average Bonchev–Trinajstić information content (AvgIpc) is 2.83. The molecular formula is C16H15ClN2O6S. The van der Waals surface area contributed by atoms with Crippen molar-refractivity contribution < 1.29 is 24.0 Å². The number of rotatable bonds is 6. The summed E-state index contributed by atoms with van der Waals surface area (Å²) in [5.74, 6) is -1.36. The van der Waals surface area contributed by atoms with Gasteiger partial charge in [-0.15, -0.1) is 0 Å². The number of imide groups is 1. The quantitative estimate of drug-likeness (QED) is 0.311. The van der Waals surface area contributed by atoms with Crippen molar-refractivity contribution in [3.05, 3.63) is 43.8 Å². The third-order valence-electron chi connectivity index (χ3n) is 3.55. The third-order valence-corrected chi connectivity index (χ3v) is 4.80. The molecule has 2 amide bonds. The van der Waals surface area contributed by atoms with Crippen LogP contribution >= 0.6 is 23.4 Å². The molecule has 2 rings (SSSR count). The second kappa shape index (κ2) is 8.33. The standard InChI is InChI=1S/C16H15ClN2O6S/c1-3-9(2)25-14(20)8-18-15(21)13(26-16(18)22)7-10-6-11(19(23)24)4-5-12(10)17/h4-7,9H,3,8H2,1-2H3/b13-7-/t9-/m1/s1. The van der Waals surface area contributed by atoms with Crippen molar-refractivity contribution in [3.63, 3.8) is 0 Å². The Bertz CT molecular complexity index is 810. The maximum atomic E-state index is 12.4. The fraction of sp³-hybridized carbons (Fsp3) is 0.312. The first-order chi connectivity index (χ1) is 12.2. The topological polar surface area (TPSA) is 107 Å². The lowest BCUT2D eigenvalue weighted by Crippen LogP contribution is -2.35. The molecule has 0 saturated carbocycles. The van der Waals surface area contributed by atoms with Gasteiger partial charge in [0, 0.05) is 22.7 Å². The van der Waals surface area contributed by atoms with Crippen molar-refractivity contribution in [2.75, 3.05) is 6.54 Å². The highest BCUT2D eigenvalue weighted by Crippen LogP contribution is 2.34. The molecule has 0 aliphatic carbocycles. The lowest BCUT2D eigenvalue weighted by atomic mass is 10.2. The van der Waals surface area contributed by atoms with E-state index in [-0.39, 0.29) is 27.3 Å². The molecule has 10 heteroatoms. The Kier molecular flexibility index (Phi) is 6.38. The van der Waals surface area contributed by atoms with E-state index >= 15 is 0 Å². The summed E-state index contributed by atoms with van der Waals surface area (Å²) in [4.78, 5) is 47.3. The highest BCUT2D eigenvalue weighted by Gasteiger charge is 2.37. The van der Waals surface area contributed by atoms with Gasteiger partial charge < -0.3 is 4.74 Å². The second-order valence-electron chi connectivity index (χ2n) is 5.44. The molecule has 1 aromatic rings. The molecule has 0 N–H and O–H groups in total. The average molecular weight is 399 g/mol. The van der Waals surface area contributed by atoms with Crippen LogP contribution in [0.1, 0.15) is 25.8 Å². The first kappa shape index (κ1) is 19.9. The summed E-state index contributed by atoms with van der Waals surface area (Å²) in [6, 6.07) is 3.77. The Labute approximate surface area is 158 Å². The lowest BCUT2D eigenvalue weighted by molar-refractivity contribution is -0.384. The molecule has 8 nitrogen and oxygen atoms in total. The monoisotopic (exact) mass is 398 g/mol. The number of amides is 2. The smallest absolute Gasteiger partial charge is 0.326 e. The van der Waals surface area contributed by atoms with E-state index in [1.165, 1.54) is 24.3 Å². The van der Waals surface area contributed by atoms with Gasteiger partial charge in [-0.05, 0) is 37.2 Å². The van der Waals surface area contributed by atoms with Gasteiger partial charge >= 0.3 is 5.97 Å². The summed E-state index contributed by atoms with van der Waals surface area (Å²) in [7, 11) is 0. The molecule has 1 aromatic carbocycles. The molecule has 26 heavy (non-hydrogen) atoms. The Morgan fingerprint density at radius 2 is 2.15 bits per heavy atom. The first-order valence-electron chi connectivity index (χ1n) is 7.61. The number of non-ortho nitro benzene ring substituents is 1. The Hall–Kier alpha value is -2.39. The zero-order valence-corrected chi connectivity index (χ0v) is 15.5. The molecule has 1 saturated heterocycles. The molecule has 0 radical (unpaired) electrons. The highest BCUT2D eigenvalue weighted by atomic mass is 35.5. The van der Waals surface area contributed by atoms with Crippen LogP contribution in [0.3, 0.4) is 0 Å². The highest BCUT2D eigenvalue weighted by molar-refractivity contribution is 8.18. The van der Waals surface area contributed by atoms with Gasteiger partial charge in [0.15, 0.2) is 0 Å². The van der Waals surface area contributed by atoms with Gasteiger partial charge in [0.05, 0.1) is 15.9 Å². The van der Waals surface area contributed by atoms with Gasteiger partial charge in [-0.25, -0.2) is 0 Å². The predicted octanol–water partition coefficient (Wildman–Crippen LogP) is 3.63. The molecule has 1 fully saturated rings. The van der Waals surface area contributed by atoms with E-state index in [0.29, 0.717) is 18.2 Å². The van der Waals surface area contributed by atoms with Crippen LogP contribution in [-0.4, -0.2) is 39.6 Å². The van der Waals surface area contributed by atoms with Gasteiger partial charge in [0.25, 0.3) is 16.8 Å². The minimum absolute atomic E-state index is 0.0220. The van der Waals surface area contributed by atoms with Crippen LogP contribution in [-0.2, 0) is 14.3 Å². The van der Waals surface area contributed by atoms with Crippen LogP contribution in [0.2, 0.25) is 5.02 Å². The first-order valence-corrected chi connectivity index (χ1v) is 8.81. The number of hydrogen-bond acceptors (Lipinski definition) is 7. The largest absolute Gasteiger partial charge is 0.461 e. The molecule has 1 aliphatic heterocycles.